The number of methoxy groups -OCH3 is 1. The van der Waals surface area contributed by atoms with Gasteiger partial charge in [-0.25, -0.2) is 9.97 Å². The molecule has 2 N–H and O–H groups in total. The molecule has 0 spiro atoms. The quantitative estimate of drug-likeness (QED) is 0.670. The molecule has 3 rings (SSSR count). The number of aryl methyl sites for hydroxylation is 1. The zero-order valence-corrected chi connectivity index (χ0v) is 15.7. The highest BCUT2D eigenvalue weighted by atomic mass is 35.5. The lowest BCUT2D eigenvalue weighted by atomic mass is 10.2. The van der Waals surface area contributed by atoms with Crippen LogP contribution in [-0.4, -0.2) is 23.0 Å². The Morgan fingerprint density at radius 1 is 1.11 bits per heavy atom. The van der Waals surface area contributed by atoms with Gasteiger partial charge in [0.1, 0.15) is 11.4 Å². The molecule has 6 nitrogen and oxygen atoms in total. The summed E-state index contributed by atoms with van der Waals surface area (Å²) in [5.41, 5.74) is 2.70. The molecule has 1 amide bonds. The van der Waals surface area contributed by atoms with E-state index in [2.05, 4.69) is 20.6 Å². The predicted molar refractivity (Wildman–Crippen MR) is 106 cm³/mol. The number of ether oxygens (including phenoxy) is 1. The Kier molecular flexibility index (Phi) is 5.88. The number of benzene rings is 2. The predicted octanol–water partition coefficient (Wildman–Crippen LogP) is 4.12. The van der Waals surface area contributed by atoms with E-state index < -0.39 is 0 Å². The van der Waals surface area contributed by atoms with Crippen LogP contribution in [0.15, 0.2) is 54.6 Å². The van der Waals surface area contributed by atoms with Gasteiger partial charge >= 0.3 is 0 Å². The molecule has 1 aromatic heterocycles. The van der Waals surface area contributed by atoms with Gasteiger partial charge in [0, 0.05) is 29.0 Å². The maximum Gasteiger partial charge on any atom is 0.270 e. The van der Waals surface area contributed by atoms with Gasteiger partial charge in [0.15, 0.2) is 0 Å². The molecule has 0 aliphatic carbocycles. The SMILES string of the molecule is COc1cccc(Nc2nc(C)cc(C(=O)NCc3ccc(Cl)cc3)n2)c1. The zero-order valence-electron chi connectivity index (χ0n) is 15.0. The number of halogens is 1. The Hall–Kier alpha value is -3.12. The average molecular weight is 383 g/mol. The van der Waals surface area contributed by atoms with Gasteiger partial charge in [-0.1, -0.05) is 29.8 Å². The number of hydrogen-bond acceptors (Lipinski definition) is 5. The molecule has 0 saturated heterocycles. The Bertz CT molecular complexity index is 945. The monoisotopic (exact) mass is 382 g/mol. The van der Waals surface area contributed by atoms with E-state index in [0.717, 1.165) is 11.3 Å². The molecule has 0 fully saturated rings. The van der Waals surface area contributed by atoms with Crippen LogP contribution in [0.25, 0.3) is 0 Å². The summed E-state index contributed by atoms with van der Waals surface area (Å²) < 4.78 is 5.21. The summed E-state index contributed by atoms with van der Waals surface area (Å²) in [6, 6.07) is 16.3. The Morgan fingerprint density at radius 3 is 2.63 bits per heavy atom. The second-order valence-corrected chi connectivity index (χ2v) is 6.32. The van der Waals surface area contributed by atoms with Crippen LogP contribution in [0.5, 0.6) is 5.75 Å². The summed E-state index contributed by atoms with van der Waals surface area (Å²) in [6.45, 7) is 2.20. The van der Waals surface area contributed by atoms with Crippen LogP contribution >= 0.6 is 11.6 Å². The van der Waals surface area contributed by atoms with Gasteiger partial charge in [-0.05, 0) is 42.8 Å². The molecule has 0 aliphatic heterocycles. The summed E-state index contributed by atoms with van der Waals surface area (Å²) in [6.07, 6.45) is 0. The first-order valence-electron chi connectivity index (χ1n) is 8.33. The summed E-state index contributed by atoms with van der Waals surface area (Å²) in [4.78, 5) is 21.1. The van der Waals surface area contributed by atoms with Crippen LogP contribution in [0.3, 0.4) is 0 Å². The Balaban J connectivity index is 1.71. The number of nitrogens with one attached hydrogen (secondary N) is 2. The van der Waals surface area contributed by atoms with Gasteiger partial charge in [0.25, 0.3) is 5.91 Å². The standard InChI is InChI=1S/C20H19ClN4O2/c1-13-10-18(19(26)22-12-14-6-8-15(21)9-7-14)25-20(23-13)24-16-4-3-5-17(11-16)27-2/h3-11H,12H2,1-2H3,(H,22,26)(H,23,24,25). The Labute approximate surface area is 162 Å². The number of carbonyl (C=O) groups excluding carboxylic acids is 1. The van der Waals surface area contributed by atoms with Gasteiger partial charge in [0.2, 0.25) is 5.95 Å². The van der Waals surface area contributed by atoms with Gasteiger partial charge < -0.3 is 15.4 Å². The third-order valence-electron chi connectivity index (χ3n) is 3.78. The van der Waals surface area contributed by atoms with Crippen molar-refractivity contribution in [2.75, 3.05) is 12.4 Å². The fourth-order valence-electron chi connectivity index (χ4n) is 2.45. The molecule has 7 heteroatoms. The third-order valence-corrected chi connectivity index (χ3v) is 4.03. The van der Waals surface area contributed by atoms with E-state index in [4.69, 9.17) is 16.3 Å². The topological polar surface area (TPSA) is 76.1 Å². The normalized spacial score (nSPS) is 10.3. The summed E-state index contributed by atoms with van der Waals surface area (Å²) in [5, 5.41) is 6.61. The second-order valence-electron chi connectivity index (χ2n) is 5.88. The molecular weight excluding hydrogens is 364 g/mol. The van der Waals surface area contributed by atoms with Gasteiger partial charge in [-0.2, -0.15) is 0 Å². The third kappa shape index (κ3) is 5.18. The molecule has 0 bridgehead atoms. The van der Waals surface area contributed by atoms with Crippen LogP contribution in [0, 0.1) is 6.92 Å². The highest BCUT2D eigenvalue weighted by Crippen LogP contribution is 2.20. The molecule has 0 aliphatic rings. The molecule has 0 radical (unpaired) electrons. The fraction of sp³-hybridized carbons (Fsp3) is 0.150. The van der Waals surface area contributed by atoms with Gasteiger partial charge in [0.05, 0.1) is 7.11 Å². The van der Waals surface area contributed by atoms with Crippen molar-refractivity contribution < 1.29 is 9.53 Å². The van der Waals surface area contributed by atoms with Crippen LogP contribution in [0.1, 0.15) is 21.7 Å². The maximum atomic E-state index is 12.5. The van der Waals surface area contributed by atoms with Gasteiger partial charge in [-0.15, -0.1) is 0 Å². The van der Waals surface area contributed by atoms with Crippen molar-refractivity contribution in [3.8, 4) is 5.75 Å². The lowest BCUT2D eigenvalue weighted by Crippen LogP contribution is -2.24. The number of hydrogen-bond donors (Lipinski definition) is 2. The first kappa shape index (κ1) is 18.7. The van der Waals surface area contributed by atoms with Crippen molar-refractivity contribution in [2.24, 2.45) is 0 Å². The summed E-state index contributed by atoms with van der Waals surface area (Å²) >= 11 is 5.87. The minimum Gasteiger partial charge on any atom is -0.497 e. The Morgan fingerprint density at radius 2 is 1.89 bits per heavy atom. The fourth-order valence-corrected chi connectivity index (χ4v) is 2.57. The smallest absolute Gasteiger partial charge is 0.270 e. The minimum absolute atomic E-state index is 0.274. The first-order valence-corrected chi connectivity index (χ1v) is 8.71. The highest BCUT2D eigenvalue weighted by molar-refractivity contribution is 6.30. The molecule has 138 valence electrons. The van der Waals surface area contributed by atoms with E-state index in [1.165, 1.54) is 0 Å². The largest absolute Gasteiger partial charge is 0.497 e. The molecule has 27 heavy (non-hydrogen) atoms. The highest BCUT2D eigenvalue weighted by Gasteiger charge is 2.11. The average Bonchev–Trinajstić information content (AvgIpc) is 2.67. The molecular formula is C20H19ClN4O2. The maximum absolute atomic E-state index is 12.5. The minimum atomic E-state index is -0.274. The molecule has 2 aromatic carbocycles. The van der Waals surface area contributed by atoms with Crippen molar-refractivity contribution in [1.29, 1.82) is 0 Å². The molecule has 0 unspecified atom stereocenters. The van der Waals surface area contributed by atoms with Crippen LogP contribution in [0.2, 0.25) is 5.02 Å². The number of anilines is 2. The summed E-state index contributed by atoms with van der Waals surface area (Å²) in [7, 11) is 1.60. The van der Waals surface area contributed by atoms with Crippen molar-refractivity contribution in [2.45, 2.75) is 13.5 Å². The van der Waals surface area contributed by atoms with Crippen LogP contribution < -0.4 is 15.4 Å². The van der Waals surface area contributed by atoms with E-state index >= 15 is 0 Å². The zero-order chi connectivity index (χ0) is 19.2. The molecule has 1 heterocycles. The summed E-state index contributed by atoms with van der Waals surface area (Å²) in [5.74, 6) is 0.789. The van der Waals surface area contributed by atoms with E-state index in [9.17, 15) is 4.79 Å². The molecule has 3 aromatic rings. The first-order chi connectivity index (χ1) is 13.0. The lowest BCUT2D eigenvalue weighted by Gasteiger charge is -2.10. The number of amides is 1. The number of carbonyl (C=O) groups is 1. The number of aromatic nitrogens is 2. The van der Waals surface area contributed by atoms with E-state index in [1.54, 1.807) is 25.3 Å². The number of rotatable bonds is 6. The van der Waals surface area contributed by atoms with Crippen LogP contribution in [-0.2, 0) is 6.54 Å². The molecule has 0 saturated carbocycles. The van der Waals surface area contributed by atoms with E-state index in [0.29, 0.717) is 34.7 Å². The van der Waals surface area contributed by atoms with Crippen molar-refractivity contribution >= 4 is 29.1 Å². The van der Waals surface area contributed by atoms with Crippen LogP contribution in [0.4, 0.5) is 11.6 Å². The van der Waals surface area contributed by atoms with Crippen molar-refractivity contribution in [3.63, 3.8) is 0 Å². The van der Waals surface area contributed by atoms with Crippen molar-refractivity contribution in [1.82, 2.24) is 15.3 Å². The van der Waals surface area contributed by atoms with Gasteiger partial charge in [-0.3, -0.25) is 4.79 Å². The van der Waals surface area contributed by atoms with E-state index in [-0.39, 0.29) is 5.91 Å². The lowest BCUT2D eigenvalue weighted by molar-refractivity contribution is 0.0945. The molecule has 0 atom stereocenters. The second kappa shape index (κ2) is 8.51. The number of nitrogens with zero attached hydrogens (tertiary/aromatic N) is 2. The van der Waals surface area contributed by atoms with E-state index in [1.807, 2.05) is 43.3 Å². The van der Waals surface area contributed by atoms with Crippen molar-refractivity contribution in [3.05, 3.63) is 76.6 Å².